The molecule has 3 aromatic rings. The first kappa shape index (κ1) is 26.0. The third-order valence-corrected chi connectivity index (χ3v) is 8.45. The first-order valence-electron chi connectivity index (χ1n) is 13.6. The van der Waals surface area contributed by atoms with Crippen molar-refractivity contribution >= 4 is 34.7 Å². The number of rotatable bonds is 4. The highest BCUT2D eigenvalue weighted by atomic mass is 19.1. The molecular formula is C27H29F2N7O5. The normalized spacial score (nSPS) is 20.8. The molecule has 1 aromatic carbocycles. The summed E-state index contributed by atoms with van der Waals surface area (Å²) in [6, 6.07) is 0. The fourth-order valence-electron chi connectivity index (χ4n) is 6.30. The highest BCUT2D eigenvalue weighted by molar-refractivity contribution is 5.94. The van der Waals surface area contributed by atoms with Crippen molar-refractivity contribution in [3.8, 4) is 5.88 Å². The Morgan fingerprint density at radius 3 is 2.61 bits per heavy atom. The lowest BCUT2D eigenvalue weighted by Crippen LogP contribution is -2.48. The van der Waals surface area contributed by atoms with Crippen molar-refractivity contribution in [1.29, 1.82) is 0 Å². The summed E-state index contributed by atoms with van der Waals surface area (Å²) in [5.41, 5.74) is -1.38. The third kappa shape index (κ3) is 4.36. The molecule has 1 aliphatic carbocycles. The molecule has 41 heavy (non-hydrogen) atoms. The van der Waals surface area contributed by atoms with Gasteiger partial charge in [0.1, 0.15) is 28.1 Å². The predicted octanol–water partition coefficient (Wildman–Crippen LogP) is 2.40. The maximum absolute atomic E-state index is 15.4. The highest BCUT2D eigenvalue weighted by Crippen LogP contribution is 2.39. The lowest BCUT2D eigenvalue weighted by atomic mass is 9.90. The molecule has 2 fully saturated rings. The Labute approximate surface area is 233 Å². The Morgan fingerprint density at radius 1 is 1.15 bits per heavy atom. The van der Waals surface area contributed by atoms with Crippen LogP contribution in [0.5, 0.6) is 5.88 Å². The molecule has 7 rings (SSSR count). The van der Waals surface area contributed by atoms with Gasteiger partial charge in [0.05, 0.1) is 12.7 Å². The Balaban J connectivity index is 1.00. The summed E-state index contributed by atoms with van der Waals surface area (Å²) in [6.45, 7) is 5.17. The van der Waals surface area contributed by atoms with Gasteiger partial charge in [0.15, 0.2) is 29.9 Å². The number of aromatic amines is 1. The summed E-state index contributed by atoms with van der Waals surface area (Å²) in [5.74, 6) is -0.587. The Morgan fingerprint density at radius 2 is 1.88 bits per heavy atom. The number of fused-ring (bicyclic) bond motifs is 3. The first-order chi connectivity index (χ1) is 19.5. The molecule has 3 N–H and O–H groups in total. The van der Waals surface area contributed by atoms with Gasteiger partial charge in [0.25, 0.3) is 11.8 Å². The second-order valence-corrected chi connectivity index (χ2v) is 11.9. The van der Waals surface area contributed by atoms with Crippen LogP contribution in [0.15, 0.2) is 6.20 Å². The van der Waals surface area contributed by atoms with E-state index in [-0.39, 0.29) is 52.8 Å². The van der Waals surface area contributed by atoms with Gasteiger partial charge in [-0.05, 0) is 43.7 Å². The minimum atomic E-state index is -1.35. The smallest absolute Gasteiger partial charge is 0.416 e. The van der Waals surface area contributed by atoms with E-state index in [1.54, 1.807) is 0 Å². The molecule has 2 saturated heterocycles. The average molecular weight is 570 g/mol. The second-order valence-electron chi connectivity index (χ2n) is 11.9. The summed E-state index contributed by atoms with van der Waals surface area (Å²) in [5, 5.41) is 12.8. The van der Waals surface area contributed by atoms with E-state index in [0.717, 1.165) is 0 Å². The minimum Gasteiger partial charge on any atom is -0.465 e. The molecule has 1 unspecified atom stereocenters. The zero-order chi connectivity index (χ0) is 28.7. The van der Waals surface area contributed by atoms with Crippen LogP contribution in [0.4, 0.5) is 25.2 Å². The largest absolute Gasteiger partial charge is 0.465 e. The maximum atomic E-state index is 15.4. The zero-order valence-electron chi connectivity index (χ0n) is 22.6. The number of ether oxygens (including phenoxy) is 2. The fraction of sp³-hybridized carbons (Fsp3) is 0.519. The topological polar surface area (TPSA) is 146 Å². The zero-order valence-corrected chi connectivity index (χ0v) is 22.6. The van der Waals surface area contributed by atoms with Crippen molar-refractivity contribution < 1.29 is 33.0 Å². The van der Waals surface area contributed by atoms with Crippen LogP contribution in [0.1, 0.15) is 43.6 Å². The van der Waals surface area contributed by atoms with Crippen LogP contribution >= 0.6 is 0 Å². The number of carbonyl (C=O) groups is 2. The molecule has 2 aromatic heterocycles. The van der Waals surface area contributed by atoms with Crippen LogP contribution in [0.3, 0.4) is 0 Å². The maximum Gasteiger partial charge on any atom is 0.416 e. The Kier molecular flexibility index (Phi) is 5.74. The van der Waals surface area contributed by atoms with Crippen molar-refractivity contribution in [3.05, 3.63) is 34.8 Å². The molecular weight excluding hydrogens is 540 g/mol. The molecule has 4 aliphatic rings. The van der Waals surface area contributed by atoms with Gasteiger partial charge in [-0.25, -0.2) is 28.5 Å². The monoisotopic (exact) mass is 569 g/mol. The number of aromatic nitrogens is 4. The van der Waals surface area contributed by atoms with Crippen LogP contribution in [0, 0.1) is 17.6 Å². The number of nitrogens with one attached hydrogen (secondary N) is 2. The van der Waals surface area contributed by atoms with Gasteiger partial charge in [-0.1, -0.05) is 0 Å². The first-order valence-corrected chi connectivity index (χ1v) is 13.6. The van der Waals surface area contributed by atoms with E-state index in [1.807, 2.05) is 0 Å². The van der Waals surface area contributed by atoms with E-state index in [4.69, 9.17) is 9.47 Å². The number of piperidine rings is 1. The summed E-state index contributed by atoms with van der Waals surface area (Å²) in [7, 11) is 0. The number of benzene rings is 1. The summed E-state index contributed by atoms with van der Waals surface area (Å²) in [4.78, 5) is 43.5. The third-order valence-electron chi connectivity index (χ3n) is 8.45. The van der Waals surface area contributed by atoms with Gasteiger partial charge in [-0.15, -0.1) is 0 Å². The van der Waals surface area contributed by atoms with Crippen molar-refractivity contribution in [2.45, 2.75) is 50.7 Å². The molecule has 5 heterocycles. The number of anilines is 2. The molecule has 1 spiro atoms. The van der Waals surface area contributed by atoms with E-state index in [9.17, 15) is 14.7 Å². The van der Waals surface area contributed by atoms with Gasteiger partial charge in [0.2, 0.25) is 0 Å². The molecule has 216 valence electrons. The number of imidazole rings is 1. The Bertz CT molecular complexity index is 1550. The summed E-state index contributed by atoms with van der Waals surface area (Å²) in [6.07, 6.45) is 2.91. The molecule has 0 saturated carbocycles. The van der Waals surface area contributed by atoms with E-state index < -0.39 is 28.9 Å². The van der Waals surface area contributed by atoms with Crippen molar-refractivity contribution in [2.75, 3.05) is 43.0 Å². The highest BCUT2D eigenvalue weighted by Gasteiger charge is 2.48. The number of H-pyrrole nitrogens is 1. The minimum absolute atomic E-state index is 0.00920. The quantitative estimate of drug-likeness (QED) is 0.431. The van der Waals surface area contributed by atoms with Crippen LogP contribution in [0.25, 0.3) is 11.0 Å². The number of carbonyl (C=O) groups excluding carboxylic acids is 2. The van der Waals surface area contributed by atoms with Crippen LogP contribution in [-0.4, -0.2) is 80.3 Å². The van der Waals surface area contributed by atoms with Crippen molar-refractivity contribution in [3.63, 3.8) is 0 Å². The second kappa shape index (κ2) is 9.05. The molecule has 14 heteroatoms. The number of hydrogen-bond acceptors (Lipinski definition) is 9. The predicted molar refractivity (Wildman–Crippen MR) is 141 cm³/mol. The molecule has 12 nitrogen and oxygen atoms in total. The number of amides is 2. The molecule has 1 atom stereocenters. The number of hydrogen-bond donors (Lipinski definition) is 3. The summed E-state index contributed by atoms with van der Waals surface area (Å²) >= 11 is 0. The van der Waals surface area contributed by atoms with E-state index in [0.29, 0.717) is 63.0 Å². The fourth-order valence-corrected chi connectivity index (χ4v) is 6.30. The van der Waals surface area contributed by atoms with Crippen LogP contribution < -0.4 is 15.0 Å². The lowest BCUT2D eigenvalue weighted by Gasteiger charge is -2.38. The summed E-state index contributed by atoms with van der Waals surface area (Å²) < 4.78 is 41.9. The van der Waals surface area contributed by atoms with Gasteiger partial charge < -0.3 is 29.8 Å². The number of nitrogens with zero attached hydrogens (tertiary/aromatic N) is 5. The molecule has 2 amide bonds. The number of aliphatic hydroxyl groups is 1. The molecule has 0 bridgehead atoms. The standard InChI is InChI=1S/C27H29F2N7O5/c1-26(2,39)24-33-20-18(28)14-7-13(8-15(14)19(29)21(20)34-24)10-35-5-3-27(4-6-35)12-36(25(38)41-27)16-9-30-23-22(31-16)32-17(37)11-40-23/h9,13,39H,3-8,10-12H2,1-2H3,(H,33,34)(H,31,32,37). The van der Waals surface area contributed by atoms with E-state index >= 15 is 8.78 Å². The van der Waals surface area contributed by atoms with Crippen molar-refractivity contribution in [1.82, 2.24) is 24.8 Å². The number of likely N-dealkylation sites (tertiary alicyclic amines) is 1. The average Bonchev–Trinajstić information content (AvgIpc) is 3.64. The molecule has 0 radical (unpaired) electrons. The van der Waals surface area contributed by atoms with E-state index in [2.05, 4.69) is 30.2 Å². The molecule has 3 aliphatic heterocycles. The van der Waals surface area contributed by atoms with Gasteiger partial charge in [-0.3, -0.25) is 9.69 Å². The van der Waals surface area contributed by atoms with Gasteiger partial charge in [-0.2, -0.15) is 0 Å². The van der Waals surface area contributed by atoms with Gasteiger partial charge in [0, 0.05) is 32.5 Å². The number of halogens is 2. The van der Waals surface area contributed by atoms with Crippen LogP contribution in [-0.2, 0) is 28.0 Å². The van der Waals surface area contributed by atoms with Gasteiger partial charge >= 0.3 is 6.09 Å². The van der Waals surface area contributed by atoms with Crippen molar-refractivity contribution in [2.24, 2.45) is 5.92 Å². The van der Waals surface area contributed by atoms with Crippen LogP contribution in [0.2, 0.25) is 0 Å². The SMILES string of the molecule is CC(C)(O)c1nc2c(F)c3c(c(F)c2[nH]1)CC(CN1CCC2(CC1)CN(c1cnc4c(n1)NC(=O)CO4)C(=O)O2)C3. The lowest BCUT2D eigenvalue weighted by molar-refractivity contribution is -0.118. The Hall–Kier alpha value is -3.91. The van der Waals surface area contributed by atoms with E-state index in [1.165, 1.54) is 24.9 Å².